The maximum Gasteiger partial charge on any atom is 0.142 e. The van der Waals surface area contributed by atoms with Crippen LogP contribution in [0.25, 0.3) is 0 Å². The summed E-state index contributed by atoms with van der Waals surface area (Å²) in [6.45, 7) is 6.54. The molecule has 1 aliphatic rings. The Morgan fingerprint density at radius 2 is 1.93 bits per heavy atom. The number of morpholine rings is 1. The number of aliphatic hydroxyl groups is 1. The lowest BCUT2D eigenvalue weighted by Crippen LogP contribution is -2.43. The first-order valence-corrected chi connectivity index (χ1v) is 10.5. The molecule has 4 nitrogen and oxygen atoms in total. The summed E-state index contributed by atoms with van der Waals surface area (Å²) in [5.74, 6) is 0.673. The van der Waals surface area contributed by atoms with Crippen LogP contribution < -0.4 is 4.74 Å². The van der Waals surface area contributed by atoms with Crippen molar-refractivity contribution < 1.29 is 19.0 Å². The molecule has 3 rings (SSSR count). The molecule has 0 aliphatic carbocycles. The van der Waals surface area contributed by atoms with Crippen molar-refractivity contribution in [3.05, 3.63) is 63.4 Å². The number of β-amino-alcohol motifs (C(OH)–C–C–N with tert-alkyl or cyclic N) is 1. The van der Waals surface area contributed by atoms with Crippen molar-refractivity contribution in [2.75, 3.05) is 32.8 Å². The van der Waals surface area contributed by atoms with Crippen molar-refractivity contribution in [3.63, 3.8) is 0 Å². The molecule has 2 aromatic rings. The number of ether oxygens (including phenoxy) is 2. The maximum absolute atomic E-state index is 13.8. The Morgan fingerprint density at radius 3 is 2.62 bits per heavy atom. The van der Waals surface area contributed by atoms with Gasteiger partial charge in [-0.25, -0.2) is 4.39 Å². The lowest BCUT2D eigenvalue weighted by molar-refractivity contribution is -0.0460. The van der Waals surface area contributed by atoms with Gasteiger partial charge in [0.2, 0.25) is 0 Å². The second-order valence-corrected chi connectivity index (χ2v) is 8.41. The maximum atomic E-state index is 13.8. The highest BCUT2D eigenvalue weighted by Crippen LogP contribution is 2.32. The fourth-order valence-electron chi connectivity index (χ4n) is 3.33. The van der Waals surface area contributed by atoms with Crippen LogP contribution in [-0.2, 0) is 4.74 Å². The van der Waals surface area contributed by atoms with Crippen LogP contribution in [-0.4, -0.2) is 49.0 Å². The molecule has 7 heteroatoms. The van der Waals surface area contributed by atoms with E-state index in [1.165, 1.54) is 17.7 Å². The van der Waals surface area contributed by atoms with Crippen LogP contribution in [0.5, 0.6) is 5.75 Å². The van der Waals surface area contributed by atoms with Gasteiger partial charge in [-0.05, 0) is 35.7 Å². The number of nitrogens with zero attached hydrogens (tertiary/aromatic N) is 1. The van der Waals surface area contributed by atoms with Crippen molar-refractivity contribution in [1.82, 2.24) is 4.90 Å². The highest BCUT2D eigenvalue weighted by Gasteiger charge is 2.26. The lowest BCUT2D eigenvalue weighted by Gasteiger charge is -2.34. The summed E-state index contributed by atoms with van der Waals surface area (Å²) in [6.07, 6.45) is -1.03. The van der Waals surface area contributed by atoms with E-state index < -0.39 is 11.9 Å². The van der Waals surface area contributed by atoms with E-state index in [1.807, 2.05) is 24.3 Å². The summed E-state index contributed by atoms with van der Waals surface area (Å²) in [5.41, 5.74) is 1.81. The third-order valence-corrected chi connectivity index (χ3v) is 5.61. The molecule has 0 saturated carbocycles. The number of benzene rings is 2. The fourth-order valence-corrected chi connectivity index (χ4v) is 3.84. The van der Waals surface area contributed by atoms with Crippen molar-refractivity contribution in [2.45, 2.75) is 32.0 Å². The Balaban J connectivity index is 1.52. The van der Waals surface area contributed by atoms with Crippen LogP contribution in [0.4, 0.5) is 4.39 Å². The molecule has 1 aliphatic heterocycles. The van der Waals surface area contributed by atoms with Gasteiger partial charge < -0.3 is 14.6 Å². The summed E-state index contributed by atoms with van der Waals surface area (Å²) >= 11 is 12.0. The summed E-state index contributed by atoms with van der Waals surface area (Å²) in [4.78, 5) is 2.06. The molecule has 0 spiro atoms. The first-order valence-electron chi connectivity index (χ1n) is 9.72. The van der Waals surface area contributed by atoms with Crippen molar-refractivity contribution in [2.24, 2.45) is 0 Å². The van der Waals surface area contributed by atoms with E-state index in [4.69, 9.17) is 32.7 Å². The number of hydrogen-bond acceptors (Lipinski definition) is 4. The van der Waals surface area contributed by atoms with E-state index in [2.05, 4.69) is 18.7 Å². The molecule has 1 saturated heterocycles. The third-order valence-electron chi connectivity index (χ3n) is 5.00. The second kappa shape index (κ2) is 10.1. The summed E-state index contributed by atoms with van der Waals surface area (Å²) in [6, 6.07) is 10.6. The van der Waals surface area contributed by atoms with E-state index in [0.717, 1.165) is 5.75 Å². The van der Waals surface area contributed by atoms with E-state index in [-0.39, 0.29) is 17.7 Å². The van der Waals surface area contributed by atoms with Gasteiger partial charge in [-0.2, -0.15) is 0 Å². The van der Waals surface area contributed by atoms with Gasteiger partial charge in [0, 0.05) is 30.2 Å². The van der Waals surface area contributed by atoms with Gasteiger partial charge in [0.05, 0.1) is 17.7 Å². The first kappa shape index (κ1) is 22.3. The van der Waals surface area contributed by atoms with E-state index in [1.54, 1.807) is 0 Å². The predicted molar refractivity (Wildman–Crippen MR) is 114 cm³/mol. The largest absolute Gasteiger partial charge is 0.491 e. The van der Waals surface area contributed by atoms with Crippen LogP contribution in [0.1, 0.15) is 37.0 Å². The Morgan fingerprint density at radius 1 is 1.21 bits per heavy atom. The highest BCUT2D eigenvalue weighted by atomic mass is 35.5. The molecular formula is C22H26Cl2FNO3. The average molecular weight is 442 g/mol. The molecule has 2 atom stereocenters. The molecule has 0 amide bonds. The normalized spacial score (nSPS) is 18.8. The molecule has 29 heavy (non-hydrogen) atoms. The minimum absolute atomic E-state index is 0.0135. The number of rotatable bonds is 7. The molecule has 0 aromatic heterocycles. The van der Waals surface area contributed by atoms with Crippen molar-refractivity contribution in [1.29, 1.82) is 0 Å². The van der Waals surface area contributed by atoms with Crippen LogP contribution in [0.3, 0.4) is 0 Å². The standard InChI is InChI=1S/C22H26Cl2FNO3/c1-14(2)15-3-5-17(6-4-15)29-13-16(27)11-26-7-8-28-22(12-26)18-9-21(25)20(24)10-19(18)23/h3-6,9-10,14,16,22,27H,7-8,11-13H2,1-2H3. The van der Waals surface area contributed by atoms with Gasteiger partial charge >= 0.3 is 0 Å². The second-order valence-electron chi connectivity index (χ2n) is 7.60. The molecule has 0 bridgehead atoms. The molecule has 2 aromatic carbocycles. The number of aliphatic hydroxyl groups excluding tert-OH is 1. The molecule has 158 valence electrons. The average Bonchev–Trinajstić information content (AvgIpc) is 2.69. The first-order chi connectivity index (χ1) is 13.8. The molecule has 1 heterocycles. The Bertz CT molecular complexity index is 816. The van der Waals surface area contributed by atoms with Gasteiger partial charge in [-0.15, -0.1) is 0 Å². The molecule has 1 N–H and O–H groups in total. The zero-order chi connectivity index (χ0) is 21.0. The monoisotopic (exact) mass is 441 g/mol. The SMILES string of the molecule is CC(C)c1ccc(OCC(O)CN2CCOC(c3cc(F)c(Cl)cc3Cl)C2)cc1. The summed E-state index contributed by atoms with van der Waals surface area (Å²) in [5, 5.41) is 10.7. The number of hydrogen-bond donors (Lipinski definition) is 1. The van der Waals surface area contributed by atoms with E-state index in [9.17, 15) is 9.50 Å². The summed E-state index contributed by atoms with van der Waals surface area (Å²) < 4.78 is 25.3. The van der Waals surface area contributed by atoms with Crippen molar-refractivity contribution >= 4 is 23.2 Å². The number of halogens is 3. The lowest BCUT2D eigenvalue weighted by atomic mass is 10.0. The Hall–Kier alpha value is -1.37. The van der Waals surface area contributed by atoms with Crippen molar-refractivity contribution in [3.8, 4) is 5.75 Å². The fraction of sp³-hybridized carbons (Fsp3) is 0.455. The van der Waals surface area contributed by atoms with Crippen LogP contribution in [0.2, 0.25) is 10.0 Å². The molecular weight excluding hydrogens is 416 g/mol. The zero-order valence-corrected chi connectivity index (χ0v) is 18.1. The zero-order valence-electron chi connectivity index (χ0n) is 16.6. The third kappa shape index (κ3) is 6.06. The van der Waals surface area contributed by atoms with E-state index in [0.29, 0.717) is 42.7 Å². The molecule has 0 radical (unpaired) electrons. The van der Waals surface area contributed by atoms with E-state index >= 15 is 0 Å². The predicted octanol–water partition coefficient (Wildman–Crippen LogP) is 5.07. The van der Waals surface area contributed by atoms with Gasteiger partial charge in [0.1, 0.15) is 24.3 Å². The van der Waals surface area contributed by atoms with Crippen LogP contribution >= 0.6 is 23.2 Å². The smallest absolute Gasteiger partial charge is 0.142 e. The van der Waals surface area contributed by atoms with Crippen LogP contribution in [0.15, 0.2) is 36.4 Å². The Labute approximate surface area is 181 Å². The topological polar surface area (TPSA) is 41.9 Å². The van der Waals surface area contributed by atoms with Gasteiger partial charge in [-0.1, -0.05) is 49.2 Å². The minimum Gasteiger partial charge on any atom is -0.491 e. The Kier molecular flexibility index (Phi) is 7.77. The summed E-state index contributed by atoms with van der Waals surface area (Å²) in [7, 11) is 0. The van der Waals surface area contributed by atoms with Crippen LogP contribution in [0, 0.1) is 5.82 Å². The highest BCUT2D eigenvalue weighted by molar-refractivity contribution is 6.35. The molecule has 2 unspecified atom stereocenters. The quantitative estimate of drug-likeness (QED) is 0.609. The van der Waals surface area contributed by atoms with Gasteiger partial charge in [-0.3, -0.25) is 4.90 Å². The van der Waals surface area contributed by atoms with Gasteiger partial charge in [0.15, 0.2) is 0 Å². The van der Waals surface area contributed by atoms with Gasteiger partial charge in [0.25, 0.3) is 0 Å². The molecule has 1 fully saturated rings. The minimum atomic E-state index is -0.657.